The lowest BCUT2D eigenvalue weighted by atomic mass is 9.99. The van der Waals surface area contributed by atoms with Crippen LogP contribution >= 0.6 is 15.9 Å². The Morgan fingerprint density at radius 3 is 2.60 bits per heavy atom. The SMILES string of the molecule is C[C@H]1CCCN(c2ccc([C@H](C)NC(=O)c3ccccc3Br)cc2)C1. The molecule has 132 valence electrons. The van der Waals surface area contributed by atoms with Gasteiger partial charge in [-0.3, -0.25) is 4.79 Å². The average Bonchev–Trinajstić information content (AvgIpc) is 2.62. The van der Waals surface area contributed by atoms with Crippen LogP contribution in [0.3, 0.4) is 0 Å². The van der Waals surface area contributed by atoms with E-state index in [1.165, 1.54) is 18.5 Å². The van der Waals surface area contributed by atoms with Crippen molar-refractivity contribution in [2.45, 2.75) is 32.7 Å². The summed E-state index contributed by atoms with van der Waals surface area (Å²) < 4.78 is 0.814. The Morgan fingerprint density at radius 2 is 1.92 bits per heavy atom. The van der Waals surface area contributed by atoms with Gasteiger partial charge in [0.1, 0.15) is 0 Å². The Bertz CT molecular complexity index is 729. The summed E-state index contributed by atoms with van der Waals surface area (Å²) in [5.41, 5.74) is 3.06. The zero-order chi connectivity index (χ0) is 17.8. The fourth-order valence-electron chi connectivity index (χ4n) is 3.40. The minimum atomic E-state index is -0.0612. The molecule has 1 amide bonds. The second kappa shape index (κ2) is 8.05. The highest BCUT2D eigenvalue weighted by molar-refractivity contribution is 9.10. The van der Waals surface area contributed by atoms with E-state index in [0.717, 1.165) is 29.0 Å². The van der Waals surface area contributed by atoms with Crippen molar-refractivity contribution in [1.29, 1.82) is 0 Å². The van der Waals surface area contributed by atoms with Crippen LogP contribution in [0.5, 0.6) is 0 Å². The fourth-order valence-corrected chi connectivity index (χ4v) is 3.87. The monoisotopic (exact) mass is 400 g/mol. The minimum absolute atomic E-state index is 0.0334. The van der Waals surface area contributed by atoms with Gasteiger partial charge in [-0.25, -0.2) is 0 Å². The number of piperidine rings is 1. The molecular formula is C21H25BrN2O. The number of benzene rings is 2. The molecule has 1 heterocycles. The van der Waals surface area contributed by atoms with Crippen molar-refractivity contribution >= 4 is 27.5 Å². The Labute approximate surface area is 158 Å². The van der Waals surface area contributed by atoms with Crippen molar-refractivity contribution in [2.75, 3.05) is 18.0 Å². The van der Waals surface area contributed by atoms with Crippen molar-refractivity contribution in [3.63, 3.8) is 0 Å². The molecule has 1 aliphatic rings. The number of rotatable bonds is 4. The topological polar surface area (TPSA) is 32.3 Å². The van der Waals surface area contributed by atoms with Gasteiger partial charge < -0.3 is 10.2 Å². The molecule has 2 atom stereocenters. The molecular weight excluding hydrogens is 376 g/mol. The van der Waals surface area contributed by atoms with Crippen LogP contribution in [0.2, 0.25) is 0 Å². The van der Waals surface area contributed by atoms with Crippen LogP contribution in [-0.4, -0.2) is 19.0 Å². The molecule has 1 saturated heterocycles. The standard InChI is InChI=1S/C21H25BrN2O/c1-15-6-5-13-24(14-15)18-11-9-17(10-12-18)16(2)23-21(25)19-7-3-4-8-20(19)22/h3-4,7-12,15-16H,5-6,13-14H2,1-2H3,(H,23,25)/t15-,16-/m0/s1. The minimum Gasteiger partial charge on any atom is -0.371 e. The molecule has 0 radical (unpaired) electrons. The van der Waals surface area contributed by atoms with Crippen LogP contribution in [0.25, 0.3) is 0 Å². The summed E-state index contributed by atoms with van der Waals surface area (Å²) in [4.78, 5) is 14.9. The zero-order valence-electron chi connectivity index (χ0n) is 14.8. The van der Waals surface area contributed by atoms with Crippen molar-refractivity contribution in [3.05, 3.63) is 64.1 Å². The van der Waals surface area contributed by atoms with Gasteiger partial charge in [-0.15, -0.1) is 0 Å². The van der Waals surface area contributed by atoms with Crippen LogP contribution in [-0.2, 0) is 0 Å². The molecule has 3 rings (SSSR count). The maximum absolute atomic E-state index is 12.5. The van der Waals surface area contributed by atoms with Crippen LogP contribution < -0.4 is 10.2 Å². The van der Waals surface area contributed by atoms with E-state index in [4.69, 9.17) is 0 Å². The van der Waals surface area contributed by atoms with E-state index < -0.39 is 0 Å². The third-order valence-electron chi connectivity index (χ3n) is 4.88. The van der Waals surface area contributed by atoms with Gasteiger partial charge in [0.15, 0.2) is 0 Å². The molecule has 0 aromatic heterocycles. The van der Waals surface area contributed by atoms with Gasteiger partial charge in [0.25, 0.3) is 5.91 Å². The molecule has 1 fully saturated rings. The molecule has 3 nitrogen and oxygen atoms in total. The maximum Gasteiger partial charge on any atom is 0.252 e. The first kappa shape index (κ1) is 18.0. The van der Waals surface area contributed by atoms with E-state index in [0.29, 0.717) is 5.56 Å². The summed E-state index contributed by atoms with van der Waals surface area (Å²) in [6, 6.07) is 16.1. The molecule has 1 N–H and O–H groups in total. The highest BCUT2D eigenvalue weighted by atomic mass is 79.9. The summed E-state index contributed by atoms with van der Waals surface area (Å²) in [5, 5.41) is 3.08. The Morgan fingerprint density at radius 1 is 1.20 bits per heavy atom. The second-order valence-electron chi connectivity index (χ2n) is 6.96. The van der Waals surface area contributed by atoms with Gasteiger partial charge in [-0.2, -0.15) is 0 Å². The first-order valence-corrected chi connectivity index (χ1v) is 9.74. The lowest BCUT2D eigenvalue weighted by Gasteiger charge is -2.33. The van der Waals surface area contributed by atoms with Crippen molar-refractivity contribution in [1.82, 2.24) is 5.32 Å². The van der Waals surface area contributed by atoms with E-state index >= 15 is 0 Å². The second-order valence-corrected chi connectivity index (χ2v) is 7.81. The van der Waals surface area contributed by atoms with Gasteiger partial charge in [0.2, 0.25) is 0 Å². The predicted molar refractivity (Wildman–Crippen MR) is 107 cm³/mol. The van der Waals surface area contributed by atoms with Crippen LogP contribution in [0.15, 0.2) is 53.0 Å². The summed E-state index contributed by atoms with van der Waals surface area (Å²) >= 11 is 3.44. The third kappa shape index (κ3) is 4.43. The molecule has 2 aromatic carbocycles. The van der Waals surface area contributed by atoms with Crippen molar-refractivity contribution in [2.24, 2.45) is 5.92 Å². The quantitative estimate of drug-likeness (QED) is 0.766. The van der Waals surface area contributed by atoms with E-state index in [2.05, 4.69) is 57.3 Å². The summed E-state index contributed by atoms with van der Waals surface area (Å²) in [6.07, 6.45) is 2.59. The average molecular weight is 401 g/mol. The lowest BCUT2D eigenvalue weighted by molar-refractivity contribution is 0.0939. The molecule has 0 saturated carbocycles. The first-order chi connectivity index (χ1) is 12.0. The van der Waals surface area contributed by atoms with Gasteiger partial charge >= 0.3 is 0 Å². The largest absolute Gasteiger partial charge is 0.371 e. The van der Waals surface area contributed by atoms with Gasteiger partial charge in [0.05, 0.1) is 11.6 Å². The fraction of sp³-hybridized carbons (Fsp3) is 0.381. The van der Waals surface area contributed by atoms with Crippen molar-refractivity contribution in [3.8, 4) is 0 Å². The molecule has 0 bridgehead atoms. The highest BCUT2D eigenvalue weighted by Crippen LogP contribution is 2.25. The maximum atomic E-state index is 12.5. The normalized spacial score (nSPS) is 18.7. The molecule has 1 aliphatic heterocycles. The molecule has 25 heavy (non-hydrogen) atoms. The smallest absolute Gasteiger partial charge is 0.252 e. The number of halogens is 1. The first-order valence-electron chi connectivity index (χ1n) is 8.95. The third-order valence-corrected chi connectivity index (χ3v) is 5.57. The van der Waals surface area contributed by atoms with Gasteiger partial charge in [0, 0.05) is 23.2 Å². The predicted octanol–water partition coefficient (Wildman–Crippen LogP) is 5.18. The Balaban J connectivity index is 1.65. The summed E-state index contributed by atoms with van der Waals surface area (Å²) in [5.74, 6) is 0.699. The van der Waals surface area contributed by atoms with Gasteiger partial charge in [-0.1, -0.05) is 31.2 Å². The van der Waals surface area contributed by atoms with E-state index in [1.807, 2.05) is 31.2 Å². The number of hydrogen-bond acceptors (Lipinski definition) is 2. The number of carbonyl (C=O) groups is 1. The molecule has 0 aliphatic carbocycles. The van der Waals surface area contributed by atoms with Crippen LogP contribution in [0.4, 0.5) is 5.69 Å². The number of anilines is 1. The number of nitrogens with one attached hydrogen (secondary N) is 1. The number of nitrogens with zero attached hydrogens (tertiary/aromatic N) is 1. The zero-order valence-corrected chi connectivity index (χ0v) is 16.4. The van der Waals surface area contributed by atoms with Crippen molar-refractivity contribution < 1.29 is 4.79 Å². The lowest BCUT2D eigenvalue weighted by Crippen LogP contribution is -2.34. The van der Waals surface area contributed by atoms with Crippen LogP contribution in [0, 0.1) is 5.92 Å². The molecule has 4 heteroatoms. The van der Waals surface area contributed by atoms with Gasteiger partial charge in [-0.05, 0) is 71.4 Å². The Hall–Kier alpha value is -1.81. The van der Waals surface area contributed by atoms with E-state index in [1.54, 1.807) is 0 Å². The summed E-state index contributed by atoms with van der Waals surface area (Å²) in [7, 11) is 0. The molecule has 0 spiro atoms. The molecule has 0 unspecified atom stereocenters. The summed E-state index contributed by atoms with van der Waals surface area (Å²) in [6.45, 7) is 6.61. The number of carbonyl (C=O) groups excluding carboxylic acids is 1. The highest BCUT2D eigenvalue weighted by Gasteiger charge is 2.17. The molecule has 2 aromatic rings. The number of hydrogen-bond donors (Lipinski definition) is 1. The van der Waals surface area contributed by atoms with E-state index in [9.17, 15) is 4.79 Å². The Kier molecular flexibility index (Phi) is 5.79. The van der Waals surface area contributed by atoms with E-state index in [-0.39, 0.29) is 11.9 Å². The van der Waals surface area contributed by atoms with Crippen LogP contribution in [0.1, 0.15) is 48.7 Å². The number of amides is 1.